The van der Waals surface area contributed by atoms with Crippen LogP contribution in [0, 0.1) is 6.92 Å². The summed E-state index contributed by atoms with van der Waals surface area (Å²) in [5.41, 5.74) is 1.05. The number of aromatic nitrogens is 2. The molecule has 0 N–H and O–H groups in total. The molecule has 1 aliphatic rings. The molecule has 0 radical (unpaired) electrons. The van der Waals surface area contributed by atoms with Gasteiger partial charge >= 0.3 is 0 Å². The van der Waals surface area contributed by atoms with Crippen LogP contribution >= 0.6 is 0 Å². The molecular formula is C20H28N4O2. The number of carbonyl (C=O) groups is 1. The van der Waals surface area contributed by atoms with Crippen LogP contribution in [-0.2, 0) is 17.8 Å². The third kappa shape index (κ3) is 4.64. The highest BCUT2D eigenvalue weighted by Crippen LogP contribution is 2.16. The van der Waals surface area contributed by atoms with Gasteiger partial charge in [0.1, 0.15) is 11.6 Å². The molecule has 2 heterocycles. The number of piperazine rings is 1. The van der Waals surface area contributed by atoms with E-state index in [-0.39, 0.29) is 12.5 Å². The van der Waals surface area contributed by atoms with Crippen molar-refractivity contribution in [2.75, 3.05) is 39.3 Å². The number of para-hydroxylation sites is 1. The summed E-state index contributed by atoms with van der Waals surface area (Å²) in [5.74, 6) is 1.98. The molecule has 140 valence electrons. The fraction of sp³-hybridized carbons (Fsp3) is 0.500. The highest BCUT2D eigenvalue weighted by molar-refractivity contribution is 5.78. The minimum absolute atomic E-state index is 0.0655. The predicted octanol–water partition coefficient (Wildman–Crippen LogP) is 1.98. The number of rotatable bonds is 7. The second-order valence-electron chi connectivity index (χ2n) is 6.67. The number of benzene rings is 1. The van der Waals surface area contributed by atoms with Gasteiger partial charge in [0, 0.05) is 58.1 Å². The first-order valence-electron chi connectivity index (χ1n) is 9.36. The number of hydrogen-bond donors (Lipinski definition) is 0. The van der Waals surface area contributed by atoms with E-state index in [4.69, 9.17) is 4.74 Å². The van der Waals surface area contributed by atoms with Gasteiger partial charge in [0.05, 0.1) is 0 Å². The van der Waals surface area contributed by atoms with E-state index >= 15 is 0 Å². The van der Waals surface area contributed by atoms with E-state index in [0.29, 0.717) is 0 Å². The van der Waals surface area contributed by atoms with Gasteiger partial charge in [-0.3, -0.25) is 9.69 Å². The van der Waals surface area contributed by atoms with Gasteiger partial charge in [-0.1, -0.05) is 25.1 Å². The average Bonchev–Trinajstić information content (AvgIpc) is 3.13. The number of amides is 1. The van der Waals surface area contributed by atoms with Crippen LogP contribution in [0.25, 0.3) is 0 Å². The summed E-state index contributed by atoms with van der Waals surface area (Å²) in [7, 11) is 0. The fourth-order valence-corrected chi connectivity index (χ4v) is 3.28. The minimum atomic E-state index is 0.0655. The molecule has 6 nitrogen and oxygen atoms in total. The van der Waals surface area contributed by atoms with Crippen LogP contribution in [-0.4, -0.2) is 64.6 Å². The maximum Gasteiger partial charge on any atom is 0.260 e. The smallest absolute Gasteiger partial charge is 0.260 e. The van der Waals surface area contributed by atoms with Gasteiger partial charge < -0.3 is 14.2 Å². The summed E-state index contributed by atoms with van der Waals surface area (Å²) in [6.45, 7) is 9.52. The van der Waals surface area contributed by atoms with Gasteiger partial charge in [-0.15, -0.1) is 0 Å². The highest BCUT2D eigenvalue weighted by Gasteiger charge is 2.21. The largest absolute Gasteiger partial charge is 0.484 e. The van der Waals surface area contributed by atoms with E-state index in [2.05, 4.69) is 21.4 Å². The molecular weight excluding hydrogens is 328 g/mol. The first kappa shape index (κ1) is 18.5. The molecule has 1 aliphatic heterocycles. The number of hydrogen-bond acceptors (Lipinski definition) is 4. The third-order valence-electron chi connectivity index (χ3n) is 4.94. The molecule has 0 atom stereocenters. The van der Waals surface area contributed by atoms with Crippen molar-refractivity contribution in [3.05, 3.63) is 48.0 Å². The molecule has 6 heteroatoms. The summed E-state index contributed by atoms with van der Waals surface area (Å²) in [4.78, 5) is 21.1. The van der Waals surface area contributed by atoms with Crippen molar-refractivity contribution in [1.29, 1.82) is 0 Å². The monoisotopic (exact) mass is 356 g/mol. The molecule has 0 saturated carbocycles. The van der Waals surface area contributed by atoms with Crippen LogP contribution in [0.5, 0.6) is 5.75 Å². The van der Waals surface area contributed by atoms with Crippen LogP contribution in [0.1, 0.15) is 18.3 Å². The van der Waals surface area contributed by atoms with E-state index < -0.39 is 0 Å². The van der Waals surface area contributed by atoms with Crippen LogP contribution in [0.15, 0.2) is 36.7 Å². The van der Waals surface area contributed by atoms with E-state index in [1.54, 1.807) is 0 Å². The Bertz CT molecular complexity index is 720. The Kier molecular flexibility index (Phi) is 6.28. The number of aryl methyl sites for hydroxylation is 2. The number of imidazole rings is 1. The van der Waals surface area contributed by atoms with Crippen molar-refractivity contribution < 1.29 is 9.53 Å². The van der Waals surface area contributed by atoms with E-state index in [0.717, 1.165) is 62.8 Å². The Morgan fingerprint density at radius 2 is 1.92 bits per heavy atom. The highest BCUT2D eigenvalue weighted by atomic mass is 16.5. The van der Waals surface area contributed by atoms with Crippen molar-refractivity contribution in [2.45, 2.75) is 26.8 Å². The first-order chi connectivity index (χ1) is 12.7. The summed E-state index contributed by atoms with van der Waals surface area (Å²) in [6.07, 6.45) is 4.86. The van der Waals surface area contributed by atoms with Gasteiger partial charge in [-0.2, -0.15) is 0 Å². The minimum Gasteiger partial charge on any atom is -0.484 e. The molecule has 3 rings (SSSR count). The van der Waals surface area contributed by atoms with Gasteiger partial charge in [-0.05, 0) is 18.6 Å². The lowest BCUT2D eigenvalue weighted by Crippen LogP contribution is -2.50. The Hall–Kier alpha value is -2.34. The van der Waals surface area contributed by atoms with Crippen LogP contribution in [0.4, 0.5) is 0 Å². The second-order valence-corrected chi connectivity index (χ2v) is 6.67. The molecule has 1 saturated heterocycles. The molecule has 1 amide bonds. The standard InChI is InChI=1S/C20H28N4O2/c1-3-19-21-8-9-23(19)13-10-22-11-14-24(15-12-22)20(25)16-26-18-7-5-4-6-17(18)2/h4-9H,3,10-16H2,1-2H3. The molecule has 1 aromatic heterocycles. The zero-order valence-electron chi connectivity index (χ0n) is 15.7. The molecule has 2 aromatic rings. The average molecular weight is 356 g/mol. The Morgan fingerprint density at radius 3 is 2.65 bits per heavy atom. The molecule has 1 fully saturated rings. The van der Waals surface area contributed by atoms with Crippen LogP contribution < -0.4 is 4.74 Å². The van der Waals surface area contributed by atoms with Gasteiger partial charge in [0.2, 0.25) is 0 Å². The van der Waals surface area contributed by atoms with Crippen molar-refractivity contribution in [3.8, 4) is 5.75 Å². The maximum atomic E-state index is 12.4. The molecule has 1 aromatic carbocycles. The topological polar surface area (TPSA) is 50.6 Å². The van der Waals surface area contributed by atoms with Crippen molar-refractivity contribution in [3.63, 3.8) is 0 Å². The predicted molar refractivity (Wildman–Crippen MR) is 101 cm³/mol. The SMILES string of the molecule is CCc1nccn1CCN1CCN(C(=O)COc2ccccc2C)CC1. The normalized spacial score (nSPS) is 15.2. The number of nitrogens with zero attached hydrogens (tertiary/aromatic N) is 4. The number of ether oxygens (including phenoxy) is 1. The summed E-state index contributed by atoms with van der Waals surface area (Å²) >= 11 is 0. The lowest BCUT2D eigenvalue weighted by molar-refractivity contribution is -0.135. The zero-order chi connectivity index (χ0) is 18.4. The van der Waals surface area contributed by atoms with Crippen molar-refractivity contribution in [2.24, 2.45) is 0 Å². The van der Waals surface area contributed by atoms with Gasteiger partial charge in [-0.25, -0.2) is 4.98 Å². The zero-order valence-corrected chi connectivity index (χ0v) is 15.7. The fourth-order valence-electron chi connectivity index (χ4n) is 3.28. The van der Waals surface area contributed by atoms with Crippen LogP contribution in [0.2, 0.25) is 0 Å². The summed E-state index contributed by atoms with van der Waals surface area (Å²) < 4.78 is 7.90. The number of carbonyl (C=O) groups excluding carboxylic acids is 1. The molecule has 0 bridgehead atoms. The summed E-state index contributed by atoms with van der Waals surface area (Å²) in [6, 6.07) is 7.79. The summed E-state index contributed by atoms with van der Waals surface area (Å²) in [5, 5.41) is 0. The van der Waals surface area contributed by atoms with Gasteiger partial charge in [0.25, 0.3) is 5.91 Å². The lowest BCUT2D eigenvalue weighted by atomic mass is 10.2. The van der Waals surface area contributed by atoms with E-state index in [1.165, 1.54) is 0 Å². The van der Waals surface area contributed by atoms with E-state index in [1.807, 2.05) is 48.5 Å². The molecule has 0 unspecified atom stereocenters. The quantitative estimate of drug-likeness (QED) is 0.761. The van der Waals surface area contributed by atoms with Crippen LogP contribution in [0.3, 0.4) is 0 Å². The third-order valence-corrected chi connectivity index (χ3v) is 4.94. The second kappa shape index (κ2) is 8.85. The Labute approximate surface area is 155 Å². The van der Waals surface area contributed by atoms with Crippen molar-refractivity contribution in [1.82, 2.24) is 19.4 Å². The lowest BCUT2D eigenvalue weighted by Gasteiger charge is -2.34. The van der Waals surface area contributed by atoms with Crippen molar-refractivity contribution >= 4 is 5.91 Å². The first-order valence-corrected chi connectivity index (χ1v) is 9.36. The maximum absolute atomic E-state index is 12.4. The van der Waals surface area contributed by atoms with E-state index in [9.17, 15) is 4.79 Å². The Morgan fingerprint density at radius 1 is 1.15 bits per heavy atom. The van der Waals surface area contributed by atoms with Gasteiger partial charge in [0.15, 0.2) is 6.61 Å². The molecule has 26 heavy (non-hydrogen) atoms. The Balaban J connectivity index is 1.40. The molecule has 0 spiro atoms. The molecule has 0 aliphatic carbocycles.